The summed E-state index contributed by atoms with van der Waals surface area (Å²) in [6.45, 7) is 6.85. The van der Waals surface area contributed by atoms with Crippen LogP contribution in [0.1, 0.15) is 44.0 Å². The van der Waals surface area contributed by atoms with Gasteiger partial charge in [-0.05, 0) is 42.4 Å². The molecule has 2 atom stereocenters. The third kappa shape index (κ3) is 3.06. The number of methoxy groups -OCH3 is 1. The van der Waals surface area contributed by atoms with Gasteiger partial charge in [-0.3, -0.25) is 4.79 Å². The van der Waals surface area contributed by atoms with Crippen molar-refractivity contribution in [2.24, 2.45) is 17.1 Å². The molecule has 1 aromatic carbocycles. The van der Waals surface area contributed by atoms with E-state index in [1.807, 2.05) is 0 Å². The molecule has 4 nitrogen and oxygen atoms in total. The number of rotatable bonds is 4. The van der Waals surface area contributed by atoms with Gasteiger partial charge < -0.3 is 15.8 Å². The molecule has 0 bridgehead atoms. The lowest BCUT2D eigenvalue weighted by Crippen LogP contribution is -2.23. The highest BCUT2D eigenvalue weighted by molar-refractivity contribution is 5.94. The number of hydrogen-bond donors (Lipinski definition) is 2. The van der Waals surface area contributed by atoms with Gasteiger partial charge in [-0.1, -0.05) is 20.8 Å². The summed E-state index contributed by atoms with van der Waals surface area (Å²) in [5, 5.41) is 3.53. The maximum absolute atomic E-state index is 11.3. The summed E-state index contributed by atoms with van der Waals surface area (Å²) >= 11 is 0. The van der Waals surface area contributed by atoms with E-state index in [0.29, 0.717) is 22.9 Å². The van der Waals surface area contributed by atoms with Crippen LogP contribution in [0, 0.1) is 11.3 Å². The second kappa shape index (κ2) is 5.35. The molecule has 3 N–H and O–H groups in total. The maximum Gasteiger partial charge on any atom is 0.248 e. The Kier molecular flexibility index (Phi) is 3.93. The van der Waals surface area contributed by atoms with Gasteiger partial charge >= 0.3 is 0 Å². The van der Waals surface area contributed by atoms with E-state index in [1.54, 1.807) is 25.3 Å². The van der Waals surface area contributed by atoms with Crippen molar-refractivity contribution in [2.45, 2.75) is 39.7 Å². The molecular formula is C16H24N2O2. The van der Waals surface area contributed by atoms with Crippen LogP contribution in [0.5, 0.6) is 5.75 Å². The molecule has 1 aromatic rings. The van der Waals surface area contributed by atoms with Gasteiger partial charge in [-0.2, -0.15) is 0 Å². The monoisotopic (exact) mass is 276 g/mol. The van der Waals surface area contributed by atoms with E-state index in [9.17, 15) is 4.79 Å². The van der Waals surface area contributed by atoms with Crippen LogP contribution in [-0.2, 0) is 0 Å². The lowest BCUT2D eigenvalue weighted by Gasteiger charge is -2.21. The van der Waals surface area contributed by atoms with E-state index < -0.39 is 5.91 Å². The summed E-state index contributed by atoms with van der Waals surface area (Å²) in [6, 6.07) is 5.64. The minimum atomic E-state index is -0.421. The fourth-order valence-electron chi connectivity index (χ4n) is 3.26. The van der Waals surface area contributed by atoms with Crippen molar-refractivity contribution < 1.29 is 9.53 Å². The standard InChI is InChI=1S/C16H24N2O2/c1-10-8-16(2,3)9-13(10)18-12-7-11(15(17)19)5-6-14(12)20-4/h5-7,10,13,18H,8-9H2,1-4H3,(H2,17,19). The predicted octanol–water partition coefficient (Wildman–Crippen LogP) is 3.03. The van der Waals surface area contributed by atoms with Crippen LogP contribution >= 0.6 is 0 Å². The minimum absolute atomic E-state index is 0.353. The number of carbonyl (C=O) groups excluding carboxylic acids is 1. The molecule has 0 aromatic heterocycles. The summed E-state index contributed by atoms with van der Waals surface area (Å²) in [6.07, 6.45) is 2.31. The van der Waals surface area contributed by atoms with E-state index >= 15 is 0 Å². The molecule has 1 amide bonds. The van der Waals surface area contributed by atoms with E-state index in [-0.39, 0.29) is 0 Å². The largest absolute Gasteiger partial charge is 0.495 e. The molecule has 2 rings (SSSR count). The van der Waals surface area contributed by atoms with E-state index in [0.717, 1.165) is 17.9 Å². The Bertz CT molecular complexity index is 511. The SMILES string of the molecule is COc1ccc(C(N)=O)cc1NC1CC(C)(C)CC1C. The first kappa shape index (κ1) is 14.7. The Morgan fingerprint density at radius 3 is 2.60 bits per heavy atom. The summed E-state index contributed by atoms with van der Waals surface area (Å²) in [7, 11) is 1.63. The molecule has 110 valence electrons. The summed E-state index contributed by atoms with van der Waals surface area (Å²) in [4.78, 5) is 11.3. The van der Waals surface area contributed by atoms with Crippen LogP contribution in [0.25, 0.3) is 0 Å². The fraction of sp³-hybridized carbons (Fsp3) is 0.562. The zero-order valence-corrected chi connectivity index (χ0v) is 12.7. The number of nitrogens with two attached hydrogens (primary N) is 1. The molecule has 1 aliphatic carbocycles. The van der Waals surface area contributed by atoms with Gasteiger partial charge in [0.05, 0.1) is 12.8 Å². The molecule has 4 heteroatoms. The van der Waals surface area contributed by atoms with Crippen LogP contribution in [0.4, 0.5) is 5.69 Å². The Labute approximate surface area is 120 Å². The molecule has 1 saturated carbocycles. The van der Waals surface area contributed by atoms with Crippen LogP contribution in [-0.4, -0.2) is 19.1 Å². The van der Waals surface area contributed by atoms with Crippen LogP contribution in [0.15, 0.2) is 18.2 Å². The first-order valence-electron chi connectivity index (χ1n) is 7.07. The van der Waals surface area contributed by atoms with Gasteiger partial charge in [-0.25, -0.2) is 0 Å². The number of nitrogens with one attached hydrogen (secondary N) is 1. The van der Waals surface area contributed by atoms with E-state index in [4.69, 9.17) is 10.5 Å². The van der Waals surface area contributed by atoms with Crippen molar-refractivity contribution in [3.05, 3.63) is 23.8 Å². The van der Waals surface area contributed by atoms with Crippen molar-refractivity contribution in [1.82, 2.24) is 0 Å². The number of carbonyl (C=O) groups is 1. The van der Waals surface area contributed by atoms with Gasteiger partial charge in [-0.15, -0.1) is 0 Å². The normalized spacial score (nSPS) is 24.4. The van der Waals surface area contributed by atoms with Crippen LogP contribution < -0.4 is 15.8 Å². The van der Waals surface area contributed by atoms with Crippen molar-refractivity contribution in [3.63, 3.8) is 0 Å². The lowest BCUT2D eigenvalue weighted by molar-refractivity contribution is 0.100. The highest BCUT2D eigenvalue weighted by Crippen LogP contribution is 2.43. The molecule has 20 heavy (non-hydrogen) atoms. The predicted molar refractivity (Wildman–Crippen MR) is 81.1 cm³/mol. The van der Waals surface area contributed by atoms with E-state index in [2.05, 4.69) is 26.1 Å². The molecule has 0 radical (unpaired) electrons. The molecule has 1 fully saturated rings. The highest BCUT2D eigenvalue weighted by atomic mass is 16.5. The second-order valence-corrected chi connectivity index (χ2v) is 6.58. The average Bonchev–Trinajstić information content (AvgIpc) is 2.62. The molecule has 0 aliphatic heterocycles. The molecule has 0 spiro atoms. The molecular weight excluding hydrogens is 252 g/mol. The van der Waals surface area contributed by atoms with Gasteiger partial charge in [0.2, 0.25) is 5.91 Å². The molecule has 0 saturated heterocycles. The summed E-state index contributed by atoms with van der Waals surface area (Å²) in [5.74, 6) is 0.911. The van der Waals surface area contributed by atoms with Gasteiger partial charge in [0.1, 0.15) is 5.75 Å². The Hall–Kier alpha value is -1.71. The van der Waals surface area contributed by atoms with Gasteiger partial charge in [0.15, 0.2) is 0 Å². The Morgan fingerprint density at radius 1 is 1.40 bits per heavy atom. The highest BCUT2D eigenvalue weighted by Gasteiger charge is 2.36. The smallest absolute Gasteiger partial charge is 0.248 e. The van der Waals surface area contributed by atoms with Crippen LogP contribution in [0.2, 0.25) is 0 Å². The fourth-order valence-corrected chi connectivity index (χ4v) is 3.26. The first-order chi connectivity index (χ1) is 9.32. The number of ether oxygens (including phenoxy) is 1. The van der Waals surface area contributed by atoms with Crippen LogP contribution in [0.3, 0.4) is 0 Å². The quantitative estimate of drug-likeness (QED) is 0.888. The Balaban J connectivity index is 2.24. The third-order valence-electron chi connectivity index (χ3n) is 4.16. The van der Waals surface area contributed by atoms with Crippen molar-refractivity contribution in [2.75, 3.05) is 12.4 Å². The summed E-state index contributed by atoms with van der Waals surface area (Å²) in [5.41, 5.74) is 7.04. The second-order valence-electron chi connectivity index (χ2n) is 6.58. The summed E-state index contributed by atoms with van der Waals surface area (Å²) < 4.78 is 5.36. The lowest BCUT2D eigenvalue weighted by atomic mass is 9.91. The number of primary amides is 1. The molecule has 0 heterocycles. The zero-order chi connectivity index (χ0) is 14.9. The third-order valence-corrected chi connectivity index (χ3v) is 4.16. The van der Waals surface area contributed by atoms with Crippen molar-refractivity contribution in [1.29, 1.82) is 0 Å². The number of amides is 1. The number of anilines is 1. The molecule has 1 aliphatic rings. The van der Waals surface area contributed by atoms with E-state index in [1.165, 1.54) is 6.42 Å². The van der Waals surface area contributed by atoms with Gasteiger partial charge in [0.25, 0.3) is 0 Å². The number of benzene rings is 1. The topological polar surface area (TPSA) is 64.3 Å². The number of hydrogen-bond acceptors (Lipinski definition) is 3. The molecule has 2 unspecified atom stereocenters. The average molecular weight is 276 g/mol. The van der Waals surface area contributed by atoms with Gasteiger partial charge in [0, 0.05) is 11.6 Å². The first-order valence-corrected chi connectivity index (χ1v) is 7.07. The minimum Gasteiger partial charge on any atom is -0.495 e. The zero-order valence-electron chi connectivity index (χ0n) is 12.7. The van der Waals surface area contributed by atoms with Crippen molar-refractivity contribution in [3.8, 4) is 5.75 Å². The van der Waals surface area contributed by atoms with Crippen molar-refractivity contribution >= 4 is 11.6 Å². The maximum atomic E-state index is 11.3. The Morgan fingerprint density at radius 2 is 2.10 bits per heavy atom.